The third-order valence-electron chi connectivity index (χ3n) is 2.64. The maximum Gasteiger partial charge on any atom is 0.323 e. The molecule has 0 aliphatic carbocycles. The molecule has 8 nitrogen and oxygen atoms in total. The molecular formula is C10H18N6O2. The monoisotopic (exact) mass is 254 g/mol. The van der Waals surface area contributed by atoms with Crippen molar-refractivity contribution in [1.29, 1.82) is 0 Å². The highest BCUT2D eigenvalue weighted by Gasteiger charge is 2.17. The highest BCUT2D eigenvalue weighted by atomic mass is 16.5. The van der Waals surface area contributed by atoms with Crippen LogP contribution in [-0.2, 0) is 4.74 Å². The molecule has 2 heterocycles. The maximum absolute atomic E-state index is 5.38. The molecule has 1 fully saturated rings. The van der Waals surface area contributed by atoms with Crippen molar-refractivity contribution < 1.29 is 9.47 Å². The molecule has 0 radical (unpaired) electrons. The molecule has 0 bridgehead atoms. The Morgan fingerprint density at radius 1 is 1.22 bits per heavy atom. The quantitative estimate of drug-likeness (QED) is 0.408. The largest absolute Gasteiger partial charge is 0.461 e. The van der Waals surface area contributed by atoms with Crippen molar-refractivity contribution in [1.82, 2.24) is 15.0 Å². The van der Waals surface area contributed by atoms with Gasteiger partial charge in [0.2, 0.25) is 11.9 Å². The van der Waals surface area contributed by atoms with E-state index in [2.05, 4.69) is 25.3 Å². The Labute approximate surface area is 105 Å². The van der Waals surface area contributed by atoms with E-state index >= 15 is 0 Å². The summed E-state index contributed by atoms with van der Waals surface area (Å²) in [5.74, 6) is 6.24. The number of methoxy groups -OCH3 is 1. The molecular weight excluding hydrogens is 236 g/mol. The van der Waals surface area contributed by atoms with Crippen molar-refractivity contribution in [3.05, 3.63) is 0 Å². The maximum atomic E-state index is 5.38. The van der Waals surface area contributed by atoms with Crippen LogP contribution in [0.15, 0.2) is 0 Å². The minimum absolute atomic E-state index is 0.261. The normalized spacial score (nSPS) is 14.9. The second-order valence-corrected chi connectivity index (χ2v) is 3.92. The molecule has 3 N–H and O–H groups in total. The lowest BCUT2D eigenvalue weighted by Gasteiger charge is -2.16. The SMILES string of the molecule is COCCOc1nc(NN)nc(N2CCCC2)n1. The van der Waals surface area contributed by atoms with E-state index in [1.807, 2.05) is 0 Å². The van der Waals surface area contributed by atoms with Gasteiger partial charge in [0, 0.05) is 20.2 Å². The average molecular weight is 254 g/mol. The number of anilines is 2. The Morgan fingerprint density at radius 2 is 2.00 bits per heavy atom. The first-order valence-corrected chi connectivity index (χ1v) is 5.93. The second kappa shape index (κ2) is 6.31. The van der Waals surface area contributed by atoms with Crippen LogP contribution in [0.25, 0.3) is 0 Å². The zero-order valence-corrected chi connectivity index (χ0v) is 10.4. The summed E-state index contributed by atoms with van der Waals surface area (Å²) < 4.78 is 10.3. The van der Waals surface area contributed by atoms with Crippen LogP contribution in [0.1, 0.15) is 12.8 Å². The van der Waals surface area contributed by atoms with Crippen LogP contribution in [0.5, 0.6) is 6.01 Å². The number of hydrogen-bond acceptors (Lipinski definition) is 8. The van der Waals surface area contributed by atoms with Gasteiger partial charge >= 0.3 is 6.01 Å². The first-order chi connectivity index (χ1) is 8.83. The molecule has 1 aliphatic rings. The van der Waals surface area contributed by atoms with Crippen LogP contribution >= 0.6 is 0 Å². The van der Waals surface area contributed by atoms with Crippen LogP contribution in [0.2, 0.25) is 0 Å². The molecule has 18 heavy (non-hydrogen) atoms. The lowest BCUT2D eigenvalue weighted by Crippen LogP contribution is -2.23. The Morgan fingerprint density at radius 3 is 2.67 bits per heavy atom. The molecule has 0 atom stereocenters. The second-order valence-electron chi connectivity index (χ2n) is 3.92. The van der Waals surface area contributed by atoms with Gasteiger partial charge in [-0.3, -0.25) is 5.43 Å². The van der Waals surface area contributed by atoms with Gasteiger partial charge in [-0.05, 0) is 12.8 Å². The van der Waals surface area contributed by atoms with E-state index in [0.29, 0.717) is 25.1 Å². The van der Waals surface area contributed by atoms with Crippen LogP contribution in [0.3, 0.4) is 0 Å². The number of nitrogens with two attached hydrogens (primary N) is 1. The molecule has 0 unspecified atom stereocenters. The van der Waals surface area contributed by atoms with Crippen molar-refractivity contribution in [2.75, 3.05) is 43.7 Å². The standard InChI is InChI=1S/C10H18N6O2/c1-17-6-7-18-10-13-8(15-11)12-9(14-10)16-4-2-3-5-16/h2-7,11H2,1H3,(H,12,13,14,15). The average Bonchev–Trinajstić information content (AvgIpc) is 2.92. The van der Waals surface area contributed by atoms with Gasteiger partial charge in [-0.1, -0.05) is 0 Å². The van der Waals surface area contributed by atoms with E-state index < -0.39 is 0 Å². The fourth-order valence-electron chi connectivity index (χ4n) is 1.75. The molecule has 1 aromatic rings. The summed E-state index contributed by atoms with van der Waals surface area (Å²) in [4.78, 5) is 14.6. The number of nitrogen functional groups attached to an aromatic ring is 1. The van der Waals surface area contributed by atoms with Gasteiger partial charge < -0.3 is 14.4 Å². The van der Waals surface area contributed by atoms with E-state index in [9.17, 15) is 0 Å². The van der Waals surface area contributed by atoms with Crippen molar-refractivity contribution >= 4 is 11.9 Å². The summed E-state index contributed by atoms with van der Waals surface area (Å²) in [5.41, 5.74) is 2.42. The predicted molar refractivity (Wildman–Crippen MR) is 66.5 cm³/mol. The first kappa shape index (κ1) is 12.8. The number of nitrogens with one attached hydrogen (secondary N) is 1. The van der Waals surface area contributed by atoms with Gasteiger partial charge in [-0.25, -0.2) is 5.84 Å². The number of aromatic nitrogens is 3. The van der Waals surface area contributed by atoms with Crippen LogP contribution in [-0.4, -0.2) is 48.4 Å². The van der Waals surface area contributed by atoms with Crippen LogP contribution < -0.4 is 20.9 Å². The van der Waals surface area contributed by atoms with E-state index in [-0.39, 0.29) is 6.01 Å². The van der Waals surface area contributed by atoms with E-state index in [1.165, 1.54) is 0 Å². The van der Waals surface area contributed by atoms with Crippen molar-refractivity contribution in [3.63, 3.8) is 0 Å². The molecule has 1 saturated heterocycles. The number of hydrogen-bond donors (Lipinski definition) is 2. The Kier molecular flexibility index (Phi) is 4.48. The Hall–Kier alpha value is -1.67. The lowest BCUT2D eigenvalue weighted by molar-refractivity contribution is 0.141. The summed E-state index contributed by atoms with van der Waals surface area (Å²) >= 11 is 0. The third kappa shape index (κ3) is 3.17. The van der Waals surface area contributed by atoms with Crippen molar-refractivity contribution in [3.8, 4) is 6.01 Å². The molecule has 8 heteroatoms. The van der Waals surface area contributed by atoms with E-state index in [1.54, 1.807) is 7.11 Å². The van der Waals surface area contributed by atoms with Gasteiger partial charge in [-0.2, -0.15) is 15.0 Å². The summed E-state index contributed by atoms with van der Waals surface area (Å²) in [6.45, 7) is 2.77. The van der Waals surface area contributed by atoms with E-state index in [4.69, 9.17) is 15.3 Å². The Bertz CT molecular complexity index is 383. The van der Waals surface area contributed by atoms with Crippen LogP contribution in [0, 0.1) is 0 Å². The van der Waals surface area contributed by atoms with Gasteiger partial charge in [0.15, 0.2) is 0 Å². The summed E-state index contributed by atoms with van der Waals surface area (Å²) in [5, 5.41) is 0. The highest BCUT2D eigenvalue weighted by Crippen LogP contribution is 2.18. The molecule has 1 aliphatic heterocycles. The highest BCUT2D eigenvalue weighted by molar-refractivity contribution is 5.38. The first-order valence-electron chi connectivity index (χ1n) is 5.93. The summed E-state index contributed by atoms with van der Waals surface area (Å²) in [6, 6.07) is 0.261. The number of hydrazine groups is 1. The topological polar surface area (TPSA) is 98.4 Å². The minimum atomic E-state index is 0.261. The van der Waals surface area contributed by atoms with Gasteiger partial charge in [0.25, 0.3) is 0 Å². The smallest absolute Gasteiger partial charge is 0.323 e. The fraction of sp³-hybridized carbons (Fsp3) is 0.700. The van der Waals surface area contributed by atoms with E-state index in [0.717, 1.165) is 25.9 Å². The lowest BCUT2D eigenvalue weighted by atomic mass is 10.4. The summed E-state index contributed by atoms with van der Waals surface area (Å²) in [6.07, 6.45) is 2.30. The molecule has 0 amide bonds. The molecule has 0 aromatic carbocycles. The van der Waals surface area contributed by atoms with Crippen molar-refractivity contribution in [2.45, 2.75) is 12.8 Å². The van der Waals surface area contributed by atoms with Gasteiger partial charge in [0.1, 0.15) is 6.61 Å². The van der Waals surface area contributed by atoms with Gasteiger partial charge in [-0.15, -0.1) is 0 Å². The predicted octanol–water partition coefficient (Wildman–Crippen LogP) is -0.217. The van der Waals surface area contributed by atoms with Crippen molar-refractivity contribution in [2.24, 2.45) is 5.84 Å². The van der Waals surface area contributed by atoms with Crippen LogP contribution in [0.4, 0.5) is 11.9 Å². The molecule has 100 valence electrons. The number of ether oxygens (including phenoxy) is 2. The summed E-state index contributed by atoms with van der Waals surface area (Å²) in [7, 11) is 1.61. The molecule has 1 aromatic heterocycles. The third-order valence-corrected chi connectivity index (χ3v) is 2.64. The molecule has 0 spiro atoms. The number of nitrogens with zero attached hydrogens (tertiary/aromatic N) is 4. The molecule has 0 saturated carbocycles. The number of rotatable bonds is 6. The fourth-order valence-corrected chi connectivity index (χ4v) is 1.75. The Balaban J connectivity index is 2.10. The zero-order valence-electron chi connectivity index (χ0n) is 10.4. The minimum Gasteiger partial charge on any atom is -0.461 e. The zero-order chi connectivity index (χ0) is 12.8. The van der Waals surface area contributed by atoms with Gasteiger partial charge in [0.05, 0.1) is 6.61 Å². The molecule has 2 rings (SSSR count).